The van der Waals surface area contributed by atoms with Gasteiger partial charge in [-0.1, -0.05) is 6.42 Å². The lowest BCUT2D eigenvalue weighted by Crippen LogP contribution is -2.49. The number of methoxy groups -OCH3 is 1. The zero-order valence-corrected chi connectivity index (χ0v) is 13.6. The van der Waals surface area contributed by atoms with Crippen LogP contribution in [0.15, 0.2) is 30.7 Å². The van der Waals surface area contributed by atoms with Gasteiger partial charge in [0.25, 0.3) is 5.91 Å². The molecule has 2 aromatic rings. The highest BCUT2D eigenvalue weighted by Crippen LogP contribution is 2.46. The molecule has 1 amide bonds. The van der Waals surface area contributed by atoms with Crippen molar-refractivity contribution in [3.8, 4) is 0 Å². The summed E-state index contributed by atoms with van der Waals surface area (Å²) in [5, 5.41) is 0. The number of amides is 1. The van der Waals surface area contributed by atoms with Gasteiger partial charge in [-0.15, -0.1) is 0 Å². The highest BCUT2D eigenvalue weighted by atomic mass is 16.5. The number of nitrogens with zero attached hydrogens (tertiary/aromatic N) is 3. The number of ether oxygens (including phenoxy) is 1. The van der Waals surface area contributed by atoms with Crippen LogP contribution < -0.4 is 0 Å². The number of hydrogen-bond acceptors (Lipinski definition) is 3. The van der Waals surface area contributed by atoms with Crippen LogP contribution in [0, 0.1) is 5.41 Å². The molecule has 1 saturated heterocycles. The van der Waals surface area contributed by atoms with E-state index in [4.69, 9.17) is 4.74 Å². The van der Waals surface area contributed by atoms with Gasteiger partial charge in [0.2, 0.25) is 0 Å². The molecule has 23 heavy (non-hydrogen) atoms. The number of piperidine rings is 1. The van der Waals surface area contributed by atoms with Crippen LogP contribution in [0.1, 0.15) is 42.5 Å². The molecular weight excluding hydrogens is 290 g/mol. The molecule has 3 heterocycles. The maximum atomic E-state index is 13.0. The fourth-order valence-electron chi connectivity index (χ4n) is 4.50. The summed E-state index contributed by atoms with van der Waals surface area (Å²) in [5.41, 5.74) is 1.77. The maximum absolute atomic E-state index is 13.0. The fourth-order valence-corrected chi connectivity index (χ4v) is 4.50. The highest BCUT2D eigenvalue weighted by molar-refractivity contribution is 5.94. The first-order valence-electron chi connectivity index (χ1n) is 8.47. The van der Waals surface area contributed by atoms with Crippen molar-refractivity contribution in [2.75, 3.05) is 20.2 Å². The second-order valence-electron chi connectivity index (χ2n) is 6.92. The molecule has 1 aliphatic heterocycles. The number of aromatic nitrogens is 2. The van der Waals surface area contributed by atoms with Gasteiger partial charge in [-0.2, -0.15) is 0 Å². The van der Waals surface area contributed by atoms with E-state index in [0.717, 1.165) is 37.1 Å². The Morgan fingerprint density at radius 2 is 2.22 bits per heavy atom. The SMILES string of the molecule is CO[C@@H]1CCC[C@@]12CCCN(C(=O)c1ccc3nccn3c1)C2. The second kappa shape index (κ2) is 5.64. The summed E-state index contributed by atoms with van der Waals surface area (Å²) in [6.07, 6.45) is 11.6. The lowest BCUT2D eigenvalue weighted by molar-refractivity contribution is -0.0295. The molecule has 5 nitrogen and oxygen atoms in total. The van der Waals surface area contributed by atoms with Crippen LogP contribution in [0.4, 0.5) is 0 Å². The molecule has 0 radical (unpaired) electrons. The van der Waals surface area contributed by atoms with Crippen molar-refractivity contribution in [2.45, 2.75) is 38.2 Å². The third kappa shape index (κ3) is 2.43. The van der Waals surface area contributed by atoms with Crippen LogP contribution in [-0.2, 0) is 4.74 Å². The first-order valence-corrected chi connectivity index (χ1v) is 8.47. The van der Waals surface area contributed by atoms with Gasteiger partial charge in [0.05, 0.1) is 11.7 Å². The summed E-state index contributed by atoms with van der Waals surface area (Å²) in [4.78, 5) is 19.2. The number of likely N-dealkylation sites (tertiary alicyclic amines) is 1. The summed E-state index contributed by atoms with van der Waals surface area (Å²) in [6.45, 7) is 1.67. The summed E-state index contributed by atoms with van der Waals surface area (Å²) in [6, 6.07) is 3.79. The van der Waals surface area contributed by atoms with Crippen molar-refractivity contribution in [1.29, 1.82) is 0 Å². The van der Waals surface area contributed by atoms with E-state index in [1.807, 2.05) is 40.9 Å². The molecule has 122 valence electrons. The monoisotopic (exact) mass is 313 g/mol. The minimum atomic E-state index is 0.126. The molecular formula is C18H23N3O2. The maximum Gasteiger partial charge on any atom is 0.255 e. The average molecular weight is 313 g/mol. The quantitative estimate of drug-likeness (QED) is 0.856. The van der Waals surface area contributed by atoms with Gasteiger partial charge < -0.3 is 14.0 Å². The zero-order valence-electron chi connectivity index (χ0n) is 13.6. The number of carbonyl (C=O) groups is 1. The number of imidazole rings is 1. The smallest absolute Gasteiger partial charge is 0.255 e. The van der Waals surface area contributed by atoms with E-state index in [0.29, 0.717) is 6.10 Å². The summed E-state index contributed by atoms with van der Waals surface area (Å²) >= 11 is 0. The molecule has 2 aromatic heterocycles. The van der Waals surface area contributed by atoms with Crippen molar-refractivity contribution in [3.63, 3.8) is 0 Å². The molecule has 2 aliphatic rings. The second-order valence-corrected chi connectivity index (χ2v) is 6.92. The summed E-state index contributed by atoms with van der Waals surface area (Å²) < 4.78 is 7.64. The van der Waals surface area contributed by atoms with Gasteiger partial charge in [0.1, 0.15) is 5.65 Å². The first-order chi connectivity index (χ1) is 11.2. The number of carbonyl (C=O) groups excluding carboxylic acids is 1. The molecule has 4 rings (SSSR count). The number of rotatable bonds is 2. The van der Waals surface area contributed by atoms with E-state index in [2.05, 4.69) is 4.98 Å². The van der Waals surface area contributed by atoms with E-state index >= 15 is 0 Å². The lowest BCUT2D eigenvalue weighted by Gasteiger charge is -2.43. The van der Waals surface area contributed by atoms with E-state index < -0.39 is 0 Å². The van der Waals surface area contributed by atoms with Crippen LogP contribution in [0.3, 0.4) is 0 Å². The predicted molar refractivity (Wildman–Crippen MR) is 87.4 cm³/mol. The number of fused-ring (bicyclic) bond motifs is 1. The summed E-state index contributed by atoms with van der Waals surface area (Å²) in [5.74, 6) is 0.126. The van der Waals surface area contributed by atoms with Gasteiger partial charge in [-0.3, -0.25) is 4.79 Å². The lowest BCUT2D eigenvalue weighted by atomic mass is 9.76. The third-order valence-corrected chi connectivity index (χ3v) is 5.64. The molecule has 0 bridgehead atoms. The highest BCUT2D eigenvalue weighted by Gasteiger charge is 2.46. The Morgan fingerprint density at radius 1 is 1.35 bits per heavy atom. The van der Waals surface area contributed by atoms with Crippen molar-refractivity contribution in [2.24, 2.45) is 5.41 Å². The Labute approximate surface area is 136 Å². The predicted octanol–water partition coefficient (Wildman–Crippen LogP) is 2.76. The Morgan fingerprint density at radius 3 is 3.09 bits per heavy atom. The minimum Gasteiger partial charge on any atom is -0.381 e. The molecule has 1 aliphatic carbocycles. The van der Waals surface area contributed by atoms with Crippen molar-refractivity contribution >= 4 is 11.6 Å². The Balaban J connectivity index is 1.58. The summed E-state index contributed by atoms with van der Waals surface area (Å²) in [7, 11) is 1.81. The van der Waals surface area contributed by atoms with E-state index in [9.17, 15) is 4.79 Å². The van der Waals surface area contributed by atoms with Crippen LogP contribution in [-0.4, -0.2) is 46.5 Å². The van der Waals surface area contributed by atoms with Gasteiger partial charge in [-0.05, 0) is 37.8 Å². The van der Waals surface area contributed by atoms with Gasteiger partial charge in [-0.25, -0.2) is 4.98 Å². The molecule has 2 atom stereocenters. The van der Waals surface area contributed by atoms with Crippen LogP contribution in [0.5, 0.6) is 0 Å². The van der Waals surface area contributed by atoms with Crippen LogP contribution >= 0.6 is 0 Å². The molecule has 5 heteroatoms. The molecule has 1 spiro atoms. The Bertz CT molecular complexity index is 726. The van der Waals surface area contributed by atoms with E-state index in [1.165, 1.54) is 19.3 Å². The molecule has 0 unspecified atom stereocenters. The first kappa shape index (κ1) is 14.7. The normalized spacial score (nSPS) is 27.9. The van der Waals surface area contributed by atoms with Gasteiger partial charge >= 0.3 is 0 Å². The number of pyridine rings is 1. The van der Waals surface area contributed by atoms with Gasteiger partial charge in [0, 0.05) is 44.2 Å². The third-order valence-electron chi connectivity index (χ3n) is 5.64. The molecule has 0 N–H and O–H groups in total. The standard InChI is InChI=1S/C18H23N3O2/c1-23-15-4-2-7-18(15)8-3-10-21(13-18)17(22)14-5-6-16-19-9-11-20(16)12-14/h5-6,9,11-12,15H,2-4,7-8,10,13H2,1H3/t15-,18+/m1/s1. The van der Waals surface area contributed by atoms with Crippen LogP contribution in [0.25, 0.3) is 5.65 Å². The van der Waals surface area contributed by atoms with Crippen molar-refractivity contribution < 1.29 is 9.53 Å². The zero-order chi connectivity index (χ0) is 15.9. The molecule has 2 fully saturated rings. The van der Waals surface area contributed by atoms with Crippen molar-refractivity contribution in [1.82, 2.24) is 14.3 Å². The topological polar surface area (TPSA) is 46.8 Å². The van der Waals surface area contributed by atoms with Crippen molar-refractivity contribution in [3.05, 3.63) is 36.3 Å². The Kier molecular flexibility index (Phi) is 3.60. The fraction of sp³-hybridized carbons (Fsp3) is 0.556. The molecule has 1 saturated carbocycles. The Hall–Kier alpha value is -1.88. The van der Waals surface area contributed by atoms with Crippen LogP contribution in [0.2, 0.25) is 0 Å². The number of hydrogen-bond donors (Lipinski definition) is 0. The minimum absolute atomic E-state index is 0.126. The van der Waals surface area contributed by atoms with E-state index in [-0.39, 0.29) is 11.3 Å². The molecule has 0 aromatic carbocycles. The van der Waals surface area contributed by atoms with E-state index in [1.54, 1.807) is 6.20 Å². The largest absolute Gasteiger partial charge is 0.381 e. The van der Waals surface area contributed by atoms with Gasteiger partial charge in [0.15, 0.2) is 0 Å². The average Bonchev–Trinajstić information content (AvgIpc) is 3.20.